The molecule has 0 saturated carbocycles. The number of aromatic carboxylic acids is 1. The number of ether oxygens (including phenoxy) is 1. The number of β-amino-alcohol motifs (C(OH)–C–C–N with tert-alkyl or cyclic N) is 1. The molecule has 1 aliphatic rings. The summed E-state index contributed by atoms with van der Waals surface area (Å²) in [6, 6.07) is 13.6. The van der Waals surface area contributed by atoms with E-state index in [1.165, 1.54) is 12.3 Å². The molecule has 5 rings (SSSR count). The Bertz CT molecular complexity index is 1540. The molecule has 0 radical (unpaired) electrons. The maximum Gasteiger partial charge on any atom is 0.337 e. The summed E-state index contributed by atoms with van der Waals surface area (Å²) in [5.74, 6) is 0.0486. The predicted molar refractivity (Wildman–Crippen MR) is 154 cm³/mol. The fourth-order valence-corrected chi connectivity index (χ4v) is 5.73. The number of anilines is 1. The molecular weight excluding hydrogens is 577 g/mol. The third-order valence-electron chi connectivity index (χ3n) is 6.86. The van der Waals surface area contributed by atoms with Crippen molar-refractivity contribution in [1.82, 2.24) is 20.0 Å². The highest BCUT2D eigenvalue weighted by Gasteiger charge is 2.39. The third kappa shape index (κ3) is 5.47. The number of rotatable bonds is 8. The molecule has 2 aromatic heterocycles. The van der Waals surface area contributed by atoms with Crippen LogP contribution in [0.25, 0.3) is 11.3 Å². The zero-order chi connectivity index (χ0) is 28.6. The van der Waals surface area contributed by atoms with Gasteiger partial charge in [0.05, 0.1) is 27.2 Å². The molecule has 2 N–H and O–H groups in total. The quantitative estimate of drug-likeness (QED) is 0.243. The molecule has 9 nitrogen and oxygen atoms in total. The SMILES string of the molecule is CC(C)n1nnc(-c2c(Cl)cccc2Cl)c1COc1ccc(C2(O)CCN(c3ccc(C(=O)O)cn3)C2)c(Cl)c1. The molecule has 1 unspecified atom stereocenters. The van der Waals surface area contributed by atoms with Crippen LogP contribution in [0.5, 0.6) is 5.75 Å². The van der Waals surface area contributed by atoms with Gasteiger partial charge < -0.3 is 19.8 Å². The van der Waals surface area contributed by atoms with Gasteiger partial charge in [0.15, 0.2) is 0 Å². The Morgan fingerprint density at radius 3 is 2.48 bits per heavy atom. The lowest BCUT2D eigenvalue weighted by Crippen LogP contribution is -2.31. The Kier molecular flexibility index (Phi) is 7.92. The lowest BCUT2D eigenvalue weighted by Gasteiger charge is -2.25. The first-order valence-corrected chi connectivity index (χ1v) is 13.7. The van der Waals surface area contributed by atoms with Crippen LogP contribution in [0.15, 0.2) is 54.7 Å². The lowest BCUT2D eigenvalue weighted by molar-refractivity contribution is 0.0606. The van der Waals surface area contributed by atoms with Gasteiger partial charge in [0.25, 0.3) is 0 Å². The topological polar surface area (TPSA) is 114 Å². The van der Waals surface area contributed by atoms with E-state index < -0.39 is 11.6 Å². The average molecular weight is 603 g/mol. The van der Waals surface area contributed by atoms with Gasteiger partial charge in [0.2, 0.25) is 0 Å². The molecule has 0 amide bonds. The molecule has 40 heavy (non-hydrogen) atoms. The molecule has 1 saturated heterocycles. The van der Waals surface area contributed by atoms with E-state index in [4.69, 9.17) is 44.6 Å². The molecule has 2 aromatic carbocycles. The Labute approximate surface area is 245 Å². The number of nitrogens with zero attached hydrogens (tertiary/aromatic N) is 5. The predicted octanol–water partition coefficient (Wildman–Crippen LogP) is 6.26. The Balaban J connectivity index is 1.34. The highest BCUT2D eigenvalue weighted by Crippen LogP contribution is 2.40. The van der Waals surface area contributed by atoms with Gasteiger partial charge in [-0.2, -0.15) is 0 Å². The number of carboxylic acids is 1. The fraction of sp³-hybridized carbons (Fsp3) is 0.286. The number of hydrogen-bond acceptors (Lipinski definition) is 7. The van der Waals surface area contributed by atoms with Crippen molar-refractivity contribution in [3.05, 3.63) is 86.6 Å². The normalized spacial score (nSPS) is 17.0. The van der Waals surface area contributed by atoms with Crippen molar-refractivity contribution in [3.63, 3.8) is 0 Å². The van der Waals surface area contributed by atoms with Crippen LogP contribution in [0.4, 0.5) is 5.82 Å². The number of benzene rings is 2. The fourth-order valence-electron chi connectivity index (χ4n) is 4.80. The molecule has 1 fully saturated rings. The van der Waals surface area contributed by atoms with E-state index in [2.05, 4.69) is 15.3 Å². The molecule has 12 heteroatoms. The smallest absolute Gasteiger partial charge is 0.337 e. The van der Waals surface area contributed by atoms with Crippen LogP contribution >= 0.6 is 34.8 Å². The zero-order valence-electron chi connectivity index (χ0n) is 21.7. The van der Waals surface area contributed by atoms with Gasteiger partial charge in [-0.15, -0.1) is 5.10 Å². The molecule has 4 aromatic rings. The highest BCUT2D eigenvalue weighted by atomic mass is 35.5. The maximum absolute atomic E-state index is 11.5. The van der Waals surface area contributed by atoms with Gasteiger partial charge in [-0.3, -0.25) is 0 Å². The van der Waals surface area contributed by atoms with Crippen LogP contribution < -0.4 is 9.64 Å². The first-order valence-electron chi connectivity index (χ1n) is 12.6. The average Bonchev–Trinajstić information content (AvgIpc) is 3.52. The summed E-state index contributed by atoms with van der Waals surface area (Å²) in [7, 11) is 0. The summed E-state index contributed by atoms with van der Waals surface area (Å²) in [4.78, 5) is 17.3. The standard InChI is InChI=1S/C28H26Cl3N5O4/c1-16(2)36-23(26(33-34-36)25-20(29)4-3-5-21(25)30)14-40-18-7-8-19(22(31)12-18)28(39)10-11-35(15-28)24-9-6-17(13-32-24)27(37)38/h3-9,12-13,16,39H,10-11,14-15H2,1-2H3,(H,37,38). The third-order valence-corrected chi connectivity index (χ3v) is 7.81. The van der Waals surface area contributed by atoms with Crippen molar-refractivity contribution >= 4 is 46.6 Å². The van der Waals surface area contributed by atoms with E-state index in [0.717, 1.165) is 0 Å². The van der Waals surface area contributed by atoms with E-state index in [1.807, 2.05) is 18.7 Å². The zero-order valence-corrected chi connectivity index (χ0v) is 24.0. The van der Waals surface area contributed by atoms with Crippen molar-refractivity contribution in [3.8, 4) is 17.0 Å². The number of halogens is 3. The number of hydrogen-bond donors (Lipinski definition) is 2. The van der Waals surface area contributed by atoms with Crippen molar-refractivity contribution < 1.29 is 19.7 Å². The number of carboxylic acid groups (broad SMARTS) is 1. The summed E-state index contributed by atoms with van der Waals surface area (Å²) >= 11 is 19.6. The summed E-state index contributed by atoms with van der Waals surface area (Å²) in [6.07, 6.45) is 1.73. The molecule has 1 aliphatic heterocycles. The second-order valence-electron chi connectivity index (χ2n) is 9.86. The summed E-state index contributed by atoms with van der Waals surface area (Å²) in [5, 5.41) is 30.5. The van der Waals surface area contributed by atoms with Crippen molar-refractivity contribution in [2.24, 2.45) is 0 Å². The van der Waals surface area contributed by atoms with Gasteiger partial charge in [-0.1, -0.05) is 52.1 Å². The maximum atomic E-state index is 11.5. The van der Waals surface area contributed by atoms with Crippen LogP contribution in [0.2, 0.25) is 15.1 Å². The summed E-state index contributed by atoms with van der Waals surface area (Å²) in [6.45, 7) is 4.90. The highest BCUT2D eigenvalue weighted by molar-refractivity contribution is 6.39. The first kappa shape index (κ1) is 28.2. The minimum absolute atomic E-state index is 0.0152. The van der Waals surface area contributed by atoms with E-state index >= 15 is 0 Å². The molecular formula is C28H26Cl3N5O4. The van der Waals surface area contributed by atoms with Gasteiger partial charge >= 0.3 is 5.97 Å². The molecule has 0 bridgehead atoms. The van der Waals surface area contributed by atoms with E-state index in [-0.39, 0.29) is 24.8 Å². The lowest BCUT2D eigenvalue weighted by atomic mass is 9.93. The first-order chi connectivity index (χ1) is 19.1. The Hall–Kier alpha value is -3.37. The largest absolute Gasteiger partial charge is 0.487 e. The minimum Gasteiger partial charge on any atom is -0.487 e. The van der Waals surface area contributed by atoms with Crippen LogP contribution in [0, 0.1) is 0 Å². The van der Waals surface area contributed by atoms with Crippen LogP contribution in [0.1, 0.15) is 47.9 Å². The monoisotopic (exact) mass is 601 g/mol. The number of carbonyl (C=O) groups is 1. The van der Waals surface area contributed by atoms with Crippen LogP contribution in [-0.4, -0.2) is 49.2 Å². The van der Waals surface area contributed by atoms with Crippen molar-refractivity contribution in [1.29, 1.82) is 0 Å². The second-order valence-corrected chi connectivity index (χ2v) is 11.1. The van der Waals surface area contributed by atoms with E-state index in [0.29, 0.717) is 62.1 Å². The summed E-state index contributed by atoms with van der Waals surface area (Å²) < 4.78 is 7.88. The van der Waals surface area contributed by atoms with Crippen LogP contribution in [-0.2, 0) is 12.2 Å². The minimum atomic E-state index is -1.21. The number of aliphatic hydroxyl groups is 1. The van der Waals surface area contributed by atoms with Crippen molar-refractivity contribution in [2.75, 3.05) is 18.0 Å². The van der Waals surface area contributed by atoms with Gasteiger partial charge in [-0.25, -0.2) is 14.5 Å². The molecule has 1 atom stereocenters. The van der Waals surface area contributed by atoms with E-state index in [9.17, 15) is 9.90 Å². The number of aromatic nitrogens is 4. The van der Waals surface area contributed by atoms with Crippen molar-refractivity contribution in [2.45, 2.75) is 38.5 Å². The summed E-state index contributed by atoms with van der Waals surface area (Å²) in [5.41, 5.74) is 1.30. The number of pyridine rings is 1. The molecule has 3 heterocycles. The molecule has 208 valence electrons. The van der Waals surface area contributed by atoms with Crippen LogP contribution in [0.3, 0.4) is 0 Å². The van der Waals surface area contributed by atoms with Gasteiger partial charge in [-0.05, 0) is 56.7 Å². The Morgan fingerprint density at radius 1 is 1.10 bits per heavy atom. The second kappa shape index (κ2) is 11.2. The van der Waals surface area contributed by atoms with Gasteiger partial charge in [0, 0.05) is 29.9 Å². The van der Waals surface area contributed by atoms with Gasteiger partial charge in [0.1, 0.15) is 35.2 Å². The molecule has 0 spiro atoms. The molecule has 0 aliphatic carbocycles. The Morgan fingerprint density at radius 2 is 1.85 bits per heavy atom. The van der Waals surface area contributed by atoms with E-state index in [1.54, 1.807) is 47.1 Å².